The predicted octanol–water partition coefficient (Wildman–Crippen LogP) is 4.36. The van der Waals surface area contributed by atoms with Crippen LogP contribution in [0.2, 0.25) is 5.02 Å². The van der Waals surface area contributed by atoms with E-state index in [0.29, 0.717) is 11.7 Å². The zero-order chi connectivity index (χ0) is 16.9. The Morgan fingerprint density at radius 2 is 2.08 bits per heavy atom. The number of nitrogens with zero attached hydrogens (tertiary/aromatic N) is 1. The molecular weight excluding hydrogens is 342 g/mol. The Morgan fingerprint density at radius 3 is 2.79 bits per heavy atom. The number of anilines is 1. The third-order valence-electron chi connectivity index (χ3n) is 4.42. The van der Waals surface area contributed by atoms with Gasteiger partial charge in [-0.25, -0.2) is 0 Å². The molecule has 1 aromatic carbocycles. The van der Waals surface area contributed by atoms with Gasteiger partial charge in [0.2, 0.25) is 0 Å². The topological polar surface area (TPSA) is 40.4 Å². The number of rotatable bonds is 5. The van der Waals surface area contributed by atoms with Gasteiger partial charge in [-0.1, -0.05) is 17.7 Å². The molecular formula is C18H22ClN3OS. The lowest BCUT2D eigenvalue weighted by Gasteiger charge is -2.26. The SMILES string of the molecule is Cc1c(Cl)cccc1NC(=S)NCC(c1ccco1)N1CCCC1. The Morgan fingerprint density at radius 1 is 1.29 bits per heavy atom. The van der Waals surface area contributed by atoms with Crippen LogP contribution in [-0.2, 0) is 0 Å². The first-order valence-electron chi connectivity index (χ1n) is 8.22. The van der Waals surface area contributed by atoms with E-state index >= 15 is 0 Å². The van der Waals surface area contributed by atoms with E-state index in [1.165, 1.54) is 12.8 Å². The average molecular weight is 364 g/mol. The van der Waals surface area contributed by atoms with Gasteiger partial charge in [0.1, 0.15) is 5.76 Å². The van der Waals surface area contributed by atoms with E-state index in [1.807, 2.05) is 37.3 Å². The molecule has 1 aliphatic heterocycles. The third-order valence-corrected chi connectivity index (χ3v) is 5.08. The molecule has 24 heavy (non-hydrogen) atoms. The normalized spacial score (nSPS) is 16.1. The van der Waals surface area contributed by atoms with Crippen LogP contribution in [0.5, 0.6) is 0 Å². The van der Waals surface area contributed by atoms with E-state index < -0.39 is 0 Å². The Labute approximate surface area is 153 Å². The summed E-state index contributed by atoms with van der Waals surface area (Å²) in [6.45, 7) is 4.88. The van der Waals surface area contributed by atoms with Crippen LogP contribution in [0.15, 0.2) is 41.0 Å². The third kappa shape index (κ3) is 4.09. The van der Waals surface area contributed by atoms with Crippen LogP contribution in [0.1, 0.15) is 30.2 Å². The van der Waals surface area contributed by atoms with E-state index in [4.69, 9.17) is 28.2 Å². The molecule has 0 amide bonds. The second-order valence-corrected chi connectivity index (χ2v) is 6.84. The zero-order valence-electron chi connectivity index (χ0n) is 13.7. The van der Waals surface area contributed by atoms with Crippen molar-refractivity contribution in [3.63, 3.8) is 0 Å². The first-order chi connectivity index (χ1) is 11.6. The summed E-state index contributed by atoms with van der Waals surface area (Å²) in [5, 5.41) is 7.87. The van der Waals surface area contributed by atoms with Crippen LogP contribution in [0, 0.1) is 6.92 Å². The molecule has 2 aromatic rings. The summed E-state index contributed by atoms with van der Waals surface area (Å²) in [5.41, 5.74) is 1.92. The first-order valence-corrected chi connectivity index (χ1v) is 9.01. The molecule has 1 aromatic heterocycles. The minimum atomic E-state index is 0.197. The highest BCUT2D eigenvalue weighted by Gasteiger charge is 2.25. The van der Waals surface area contributed by atoms with E-state index in [-0.39, 0.29) is 6.04 Å². The second kappa shape index (κ2) is 8.01. The lowest BCUT2D eigenvalue weighted by atomic mass is 10.2. The summed E-state index contributed by atoms with van der Waals surface area (Å²) in [7, 11) is 0. The largest absolute Gasteiger partial charge is 0.468 e. The maximum atomic E-state index is 6.16. The molecule has 3 rings (SSSR count). The van der Waals surface area contributed by atoms with Crippen LogP contribution >= 0.6 is 23.8 Å². The zero-order valence-corrected chi connectivity index (χ0v) is 15.3. The smallest absolute Gasteiger partial charge is 0.170 e. The lowest BCUT2D eigenvalue weighted by Crippen LogP contribution is -2.38. The molecule has 128 valence electrons. The molecule has 0 bridgehead atoms. The fraction of sp³-hybridized carbons (Fsp3) is 0.389. The lowest BCUT2D eigenvalue weighted by molar-refractivity contribution is 0.216. The minimum absolute atomic E-state index is 0.197. The molecule has 1 atom stereocenters. The van der Waals surface area contributed by atoms with Crippen LogP contribution in [0.3, 0.4) is 0 Å². The maximum Gasteiger partial charge on any atom is 0.170 e. The molecule has 2 N–H and O–H groups in total. The van der Waals surface area contributed by atoms with Crippen LogP contribution < -0.4 is 10.6 Å². The Bertz CT molecular complexity index is 684. The number of likely N-dealkylation sites (tertiary alicyclic amines) is 1. The van der Waals surface area contributed by atoms with Crippen molar-refractivity contribution in [1.29, 1.82) is 0 Å². The van der Waals surface area contributed by atoms with Gasteiger partial charge >= 0.3 is 0 Å². The Kier molecular flexibility index (Phi) is 5.76. The van der Waals surface area contributed by atoms with Crippen molar-refractivity contribution in [3.8, 4) is 0 Å². The van der Waals surface area contributed by atoms with Crippen LogP contribution in [0.25, 0.3) is 0 Å². The summed E-state index contributed by atoms with van der Waals surface area (Å²) in [4.78, 5) is 2.44. The molecule has 0 radical (unpaired) electrons. The molecule has 4 nitrogen and oxygen atoms in total. The van der Waals surface area contributed by atoms with Gasteiger partial charge in [-0.3, -0.25) is 4.90 Å². The molecule has 0 saturated carbocycles. The molecule has 0 spiro atoms. The van der Waals surface area contributed by atoms with Crippen molar-refractivity contribution in [3.05, 3.63) is 52.9 Å². The van der Waals surface area contributed by atoms with E-state index in [9.17, 15) is 0 Å². The highest BCUT2D eigenvalue weighted by molar-refractivity contribution is 7.80. The van der Waals surface area contributed by atoms with Gasteiger partial charge in [-0.2, -0.15) is 0 Å². The molecule has 1 fully saturated rings. The van der Waals surface area contributed by atoms with Gasteiger partial charge in [-0.05, 0) is 74.9 Å². The highest BCUT2D eigenvalue weighted by atomic mass is 35.5. The fourth-order valence-electron chi connectivity index (χ4n) is 3.04. The van der Waals surface area contributed by atoms with Gasteiger partial charge in [0, 0.05) is 17.3 Å². The van der Waals surface area contributed by atoms with Crippen molar-refractivity contribution in [1.82, 2.24) is 10.2 Å². The highest BCUT2D eigenvalue weighted by Crippen LogP contribution is 2.25. The van der Waals surface area contributed by atoms with E-state index in [0.717, 1.165) is 35.1 Å². The summed E-state index contributed by atoms with van der Waals surface area (Å²) in [6, 6.07) is 9.92. The maximum absolute atomic E-state index is 6.16. The van der Waals surface area contributed by atoms with E-state index in [2.05, 4.69) is 15.5 Å². The number of hydrogen-bond donors (Lipinski definition) is 2. The van der Waals surface area contributed by atoms with Gasteiger partial charge < -0.3 is 15.1 Å². The minimum Gasteiger partial charge on any atom is -0.468 e. The quantitative estimate of drug-likeness (QED) is 0.772. The van der Waals surface area contributed by atoms with Crippen molar-refractivity contribution < 1.29 is 4.42 Å². The van der Waals surface area contributed by atoms with Gasteiger partial charge in [0.15, 0.2) is 5.11 Å². The summed E-state index contributed by atoms with van der Waals surface area (Å²) in [5.74, 6) is 0.978. The number of benzene rings is 1. The fourth-order valence-corrected chi connectivity index (χ4v) is 3.41. The predicted molar refractivity (Wildman–Crippen MR) is 103 cm³/mol. The van der Waals surface area contributed by atoms with Crippen LogP contribution in [0.4, 0.5) is 5.69 Å². The first kappa shape index (κ1) is 17.3. The Hall–Kier alpha value is -1.56. The summed E-state index contributed by atoms with van der Waals surface area (Å²) in [6.07, 6.45) is 4.20. The van der Waals surface area contributed by atoms with Crippen molar-refractivity contribution >= 4 is 34.6 Å². The number of nitrogens with one attached hydrogen (secondary N) is 2. The van der Waals surface area contributed by atoms with Crippen molar-refractivity contribution in [2.75, 3.05) is 25.0 Å². The van der Waals surface area contributed by atoms with Gasteiger partial charge in [0.05, 0.1) is 12.3 Å². The average Bonchev–Trinajstić information content (AvgIpc) is 3.26. The standard InChI is InChI=1S/C18H22ClN3OS/c1-13-14(19)6-4-7-15(13)21-18(24)20-12-16(17-8-5-11-23-17)22-9-2-3-10-22/h4-8,11,16H,2-3,9-10,12H2,1H3,(H2,20,21,24). The number of thiocarbonyl (C=S) groups is 1. The number of furan rings is 1. The van der Waals surface area contributed by atoms with E-state index in [1.54, 1.807) is 6.26 Å². The van der Waals surface area contributed by atoms with Crippen molar-refractivity contribution in [2.24, 2.45) is 0 Å². The summed E-state index contributed by atoms with van der Waals surface area (Å²) < 4.78 is 5.63. The van der Waals surface area contributed by atoms with Gasteiger partial charge in [0.25, 0.3) is 0 Å². The molecule has 0 aliphatic carbocycles. The number of halogens is 1. The summed E-state index contributed by atoms with van der Waals surface area (Å²) >= 11 is 11.6. The van der Waals surface area contributed by atoms with Gasteiger partial charge in [-0.15, -0.1) is 0 Å². The number of hydrogen-bond acceptors (Lipinski definition) is 3. The molecule has 1 aliphatic rings. The second-order valence-electron chi connectivity index (χ2n) is 6.02. The molecule has 1 unspecified atom stereocenters. The van der Waals surface area contributed by atoms with Crippen LogP contribution in [-0.4, -0.2) is 29.6 Å². The molecule has 1 saturated heterocycles. The van der Waals surface area contributed by atoms with Crippen molar-refractivity contribution in [2.45, 2.75) is 25.8 Å². The monoisotopic (exact) mass is 363 g/mol. The molecule has 2 heterocycles. The Balaban J connectivity index is 1.62. The molecule has 6 heteroatoms.